The number of carbonyl (C=O) groups is 1. The molecule has 0 bridgehead atoms. The Kier molecular flexibility index (Phi) is 3.97. The number of anilines is 1. The Morgan fingerprint density at radius 1 is 1.07 bits per heavy atom. The summed E-state index contributed by atoms with van der Waals surface area (Å²) in [5.41, 5.74) is 4.73. The molecule has 1 aliphatic carbocycles. The highest BCUT2D eigenvalue weighted by Crippen LogP contribution is 2.27. The molecule has 2 heterocycles. The van der Waals surface area contributed by atoms with Crippen molar-refractivity contribution in [1.82, 2.24) is 10.1 Å². The number of aromatic nitrogens is 2. The van der Waals surface area contributed by atoms with Crippen molar-refractivity contribution in [1.29, 1.82) is 0 Å². The third-order valence-corrected chi connectivity index (χ3v) is 5.40. The van der Waals surface area contributed by atoms with Gasteiger partial charge in [-0.05, 0) is 55.5 Å². The first kappa shape index (κ1) is 16.7. The van der Waals surface area contributed by atoms with Gasteiger partial charge < -0.3 is 14.8 Å². The molecule has 1 amide bonds. The molecule has 0 saturated heterocycles. The van der Waals surface area contributed by atoms with E-state index in [4.69, 9.17) is 4.52 Å². The van der Waals surface area contributed by atoms with Crippen molar-refractivity contribution in [3.63, 3.8) is 0 Å². The Morgan fingerprint density at radius 2 is 1.89 bits per heavy atom. The number of fused-ring (bicyclic) bond motifs is 4. The molecule has 0 unspecified atom stereocenters. The number of hydrogen-bond acceptors (Lipinski definition) is 4. The number of nitrogens with zero attached hydrogens (tertiary/aromatic N) is 1. The average molecular weight is 373 g/mol. The van der Waals surface area contributed by atoms with Crippen LogP contribution in [0.1, 0.15) is 29.7 Å². The van der Waals surface area contributed by atoms with E-state index in [0.717, 1.165) is 53.1 Å². The standard InChI is InChI=1S/C22H19N3O3/c26-21(12-19-17-7-3-4-8-20(17)28-25-19)23-13-9-10-15-14-5-1-2-6-16(14)22(27)24-18(15)11-13/h3-4,7-11H,1-2,5-6,12H2,(H,23,26)(H,24,27). The minimum Gasteiger partial charge on any atom is -0.356 e. The van der Waals surface area contributed by atoms with E-state index < -0.39 is 0 Å². The van der Waals surface area contributed by atoms with Gasteiger partial charge in [0.2, 0.25) is 5.91 Å². The van der Waals surface area contributed by atoms with Crippen molar-refractivity contribution < 1.29 is 9.32 Å². The summed E-state index contributed by atoms with van der Waals surface area (Å²) in [4.78, 5) is 27.8. The predicted octanol–water partition coefficient (Wildman–Crippen LogP) is 3.73. The second-order valence-corrected chi connectivity index (χ2v) is 7.23. The number of para-hydroxylation sites is 1. The van der Waals surface area contributed by atoms with E-state index in [2.05, 4.69) is 15.5 Å². The maximum atomic E-state index is 12.5. The van der Waals surface area contributed by atoms with Crippen LogP contribution in [0.25, 0.3) is 21.9 Å². The third-order valence-electron chi connectivity index (χ3n) is 5.40. The highest BCUT2D eigenvalue weighted by molar-refractivity contribution is 5.96. The summed E-state index contributed by atoms with van der Waals surface area (Å²) in [5.74, 6) is -0.182. The van der Waals surface area contributed by atoms with E-state index >= 15 is 0 Å². The number of hydrogen-bond donors (Lipinski definition) is 2. The number of nitrogens with one attached hydrogen (secondary N) is 2. The lowest BCUT2D eigenvalue weighted by atomic mass is 9.90. The molecule has 0 radical (unpaired) electrons. The zero-order chi connectivity index (χ0) is 19.1. The van der Waals surface area contributed by atoms with Crippen molar-refractivity contribution in [2.45, 2.75) is 32.1 Å². The Bertz CT molecular complexity index is 1270. The Morgan fingerprint density at radius 3 is 2.79 bits per heavy atom. The van der Waals surface area contributed by atoms with Gasteiger partial charge in [-0.15, -0.1) is 0 Å². The lowest BCUT2D eigenvalue weighted by Crippen LogP contribution is -2.19. The molecular formula is C22H19N3O3. The zero-order valence-electron chi connectivity index (χ0n) is 15.2. The van der Waals surface area contributed by atoms with E-state index in [9.17, 15) is 9.59 Å². The van der Waals surface area contributed by atoms with Crippen LogP contribution in [0.4, 0.5) is 5.69 Å². The lowest BCUT2D eigenvalue weighted by Gasteiger charge is -2.17. The van der Waals surface area contributed by atoms with E-state index in [1.54, 1.807) is 0 Å². The summed E-state index contributed by atoms with van der Waals surface area (Å²) in [7, 11) is 0. The number of aryl methyl sites for hydroxylation is 1. The second kappa shape index (κ2) is 6.64. The monoisotopic (exact) mass is 373 g/mol. The molecule has 6 nitrogen and oxygen atoms in total. The van der Waals surface area contributed by atoms with Crippen LogP contribution in [0.3, 0.4) is 0 Å². The van der Waals surface area contributed by atoms with Gasteiger partial charge in [-0.2, -0.15) is 0 Å². The minimum atomic E-state index is -0.182. The molecule has 2 N–H and O–H groups in total. The first-order chi connectivity index (χ1) is 13.7. The Hall–Kier alpha value is -3.41. The normalized spacial score (nSPS) is 13.6. The number of rotatable bonds is 3. The quantitative estimate of drug-likeness (QED) is 0.573. The molecule has 0 fully saturated rings. The van der Waals surface area contributed by atoms with Crippen molar-refractivity contribution in [3.05, 3.63) is 69.6 Å². The number of amides is 1. The van der Waals surface area contributed by atoms with Crippen LogP contribution >= 0.6 is 0 Å². The molecule has 2 aromatic heterocycles. The number of pyridine rings is 1. The van der Waals surface area contributed by atoms with E-state index in [-0.39, 0.29) is 17.9 Å². The van der Waals surface area contributed by atoms with Gasteiger partial charge in [0.25, 0.3) is 5.56 Å². The smallest absolute Gasteiger partial charge is 0.251 e. The van der Waals surface area contributed by atoms with Crippen molar-refractivity contribution in [2.75, 3.05) is 5.32 Å². The van der Waals surface area contributed by atoms with Crippen molar-refractivity contribution in [2.24, 2.45) is 0 Å². The zero-order valence-corrected chi connectivity index (χ0v) is 15.2. The molecule has 1 aliphatic rings. The summed E-state index contributed by atoms with van der Waals surface area (Å²) < 4.78 is 5.25. The van der Waals surface area contributed by atoms with Gasteiger partial charge in [0.15, 0.2) is 5.58 Å². The first-order valence-corrected chi connectivity index (χ1v) is 9.50. The molecule has 5 rings (SSSR count). The topological polar surface area (TPSA) is 88.0 Å². The maximum absolute atomic E-state index is 12.5. The van der Waals surface area contributed by atoms with Crippen LogP contribution in [0.15, 0.2) is 51.8 Å². The number of H-pyrrole nitrogens is 1. The molecule has 0 aliphatic heterocycles. The van der Waals surface area contributed by atoms with E-state index in [1.165, 1.54) is 0 Å². The number of benzene rings is 2. The van der Waals surface area contributed by atoms with E-state index in [1.807, 2.05) is 42.5 Å². The summed E-state index contributed by atoms with van der Waals surface area (Å²) in [6.07, 6.45) is 4.06. The molecule has 28 heavy (non-hydrogen) atoms. The fraction of sp³-hybridized carbons (Fsp3) is 0.227. The van der Waals surface area contributed by atoms with Gasteiger partial charge in [-0.1, -0.05) is 23.4 Å². The summed E-state index contributed by atoms with van der Waals surface area (Å²) in [6.45, 7) is 0. The van der Waals surface area contributed by atoms with Gasteiger partial charge >= 0.3 is 0 Å². The van der Waals surface area contributed by atoms with Gasteiger partial charge in [0.05, 0.1) is 11.9 Å². The molecule has 0 spiro atoms. The van der Waals surface area contributed by atoms with Crippen LogP contribution in [0.5, 0.6) is 0 Å². The largest absolute Gasteiger partial charge is 0.356 e. The molecule has 6 heteroatoms. The molecule has 2 aromatic carbocycles. The SMILES string of the molecule is O=C(Cc1noc2ccccc12)Nc1ccc2c3c(c(=O)[nH]c2c1)CCCC3. The van der Waals surface area contributed by atoms with Crippen LogP contribution in [0, 0.1) is 0 Å². The molecular weight excluding hydrogens is 354 g/mol. The highest BCUT2D eigenvalue weighted by Gasteiger charge is 2.17. The molecule has 0 saturated carbocycles. The summed E-state index contributed by atoms with van der Waals surface area (Å²) in [5, 5.41) is 8.80. The van der Waals surface area contributed by atoms with Crippen LogP contribution in [0.2, 0.25) is 0 Å². The van der Waals surface area contributed by atoms with Crippen LogP contribution in [-0.2, 0) is 24.1 Å². The fourth-order valence-electron chi connectivity index (χ4n) is 4.06. The van der Waals surface area contributed by atoms with Crippen LogP contribution < -0.4 is 10.9 Å². The Labute approximate surface area is 160 Å². The summed E-state index contributed by atoms with van der Waals surface area (Å²) in [6, 6.07) is 13.2. The Balaban J connectivity index is 1.42. The molecule has 0 atom stereocenters. The van der Waals surface area contributed by atoms with Crippen molar-refractivity contribution in [3.8, 4) is 0 Å². The van der Waals surface area contributed by atoms with E-state index in [0.29, 0.717) is 17.0 Å². The van der Waals surface area contributed by atoms with Gasteiger partial charge in [-0.25, -0.2) is 0 Å². The average Bonchev–Trinajstić information content (AvgIpc) is 3.11. The lowest BCUT2D eigenvalue weighted by molar-refractivity contribution is -0.115. The fourth-order valence-corrected chi connectivity index (χ4v) is 4.06. The highest BCUT2D eigenvalue weighted by atomic mass is 16.5. The maximum Gasteiger partial charge on any atom is 0.251 e. The van der Waals surface area contributed by atoms with Gasteiger partial charge in [-0.3, -0.25) is 9.59 Å². The summed E-state index contributed by atoms with van der Waals surface area (Å²) >= 11 is 0. The molecule has 140 valence electrons. The molecule has 4 aromatic rings. The first-order valence-electron chi connectivity index (χ1n) is 9.50. The van der Waals surface area contributed by atoms with Crippen LogP contribution in [-0.4, -0.2) is 16.0 Å². The number of aromatic amines is 1. The minimum absolute atomic E-state index is 0.0141. The van der Waals surface area contributed by atoms with Gasteiger partial charge in [0, 0.05) is 22.0 Å². The second-order valence-electron chi connectivity index (χ2n) is 7.23. The third kappa shape index (κ3) is 2.87. The van der Waals surface area contributed by atoms with Gasteiger partial charge in [0.1, 0.15) is 5.69 Å². The number of carbonyl (C=O) groups excluding carboxylic acids is 1. The predicted molar refractivity (Wildman–Crippen MR) is 108 cm³/mol. The van der Waals surface area contributed by atoms with Crippen molar-refractivity contribution >= 4 is 33.5 Å².